The van der Waals surface area contributed by atoms with Crippen LogP contribution in [0.2, 0.25) is 0 Å². The van der Waals surface area contributed by atoms with Crippen molar-refractivity contribution in [3.63, 3.8) is 0 Å². The van der Waals surface area contributed by atoms with Crippen LogP contribution < -0.4 is 5.32 Å². The van der Waals surface area contributed by atoms with Crippen LogP contribution in [0.4, 0.5) is 0 Å². The summed E-state index contributed by atoms with van der Waals surface area (Å²) in [7, 11) is 0. The fourth-order valence-electron chi connectivity index (χ4n) is 4.97. The van der Waals surface area contributed by atoms with Crippen LogP contribution in [-0.4, -0.2) is 54.1 Å². The number of nitrogens with one attached hydrogen (secondary N) is 1. The Labute approximate surface area is 225 Å². The summed E-state index contributed by atoms with van der Waals surface area (Å²) in [4.78, 5) is 45.9. The zero-order valence-corrected chi connectivity index (χ0v) is 21.3. The fraction of sp³-hybridized carbons (Fsp3) is 0.200. The number of aromatic nitrogens is 5. The molecule has 9 nitrogen and oxygen atoms in total. The summed E-state index contributed by atoms with van der Waals surface area (Å²) in [6, 6.07) is 19.3. The minimum absolute atomic E-state index is 0.0299. The summed E-state index contributed by atoms with van der Waals surface area (Å²) in [5.74, 6) is -0.136. The lowest BCUT2D eigenvalue weighted by Gasteiger charge is -2.31. The highest BCUT2D eigenvalue weighted by atomic mass is 16.2. The maximum Gasteiger partial charge on any atom is 0.273 e. The number of hydrogen-bond acceptors (Lipinski definition) is 6. The van der Waals surface area contributed by atoms with E-state index in [1.807, 2.05) is 76.2 Å². The number of likely N-dealkylation sites (tertiary alicyclic amines) is 1. The second kappa shape index (κ2) is 10.8. The molecule has 0 radical (unpaired) electrons. The van der Waals surface area contributed by atoms with Gasteiger partial charge in [0.2, 0.25) is 0 Å². The third-order valence-electron chi connectivity index (χ3n) is 7.06. The molecule has 1 aliphatic heterocycles. The van der Waals surface area contributed by atoms with Crippen LogP contribution in [0.5, 0.6) is 0 Å². The van der Waals surface area contributed by atoms with Gasteiger partial charge in [-0.15, -0.1) is 0 Å². The first-order valence-electron chi connectivity index (χ1n) is 13.0. The van der Waals surface area contributed by atoms with Crippen molar-refractivity contribution < 1.29 is 9.59 Å². The van der Waals surface area contributed by atoms with Gasteiger partial charge in [-0.2, -0.15) is 0 Å². The van der Waals surface area contributed by atoms with Gasteiger partial charge in [0.15, 0.2) is 0 Å². The van der Waals surface area contributed by atoms with Crippen molar-refractivity contribution in [3.05, 3.63) is 114 Å². The normalized spacial score (nSPS) is 13.9. The molecule has 194 valence electrons. The summed E-state index contributed by atoms with van der Waals surface area (Å²) in [6.07, 6.45) is 10.0. The maximum absolute atomic E-state index is 13.8. The van der Waals surface area contributed by atoms with Gasteiger partial charge in [-0.3, -0.25) is 24.0 Å². The molecule has 0 unspecified atom stereocenters. The Bertz CT molecular complexity index is 1590. The molecular formula is C30H27N7O2. The number of fused-ring (bicyclic) bond motifs is 1. The molecular weight excluding hydrogens is 490 g/mol. The SMILES string of the molecule is O=C(NCc1cccnc1)c1cnc(C2CCN(C(=O)c3c(-c4ccccc4)nc4ccccn34)CC2)cn1. The molecule has 1 saturated heterocycles. The number of amides is 2. The van der Waals surface area contributed by atoms with Crippen molar-refractivity contribution >= 4 is 17.5 Å². The van der Waals surface area contributed by atoms with Gasteiger partial charge in [0.1, 0.15) is 22.7 Å². The molecule has 1 fully saturated rings. The second-order valence-electron chi connectivity index (χ2n) is 9.54. The number of hydrogen-bond donors (Lipinski definition) is 1. The molecule has 6 rings (SSSR count). The predicted molar refractivity (Wildman–Crippen MR) is 146 cm³/mol. The van der Waals surface area contributed by atoms with E-state index in [-0.39, 0.29) is 23.4 Å². The summed E-state index contributed by atoms with van der Waals surface area (Å²) >= 11 is 0. The summed E-state index contributed by atoms with van der Waals surface area (Å²) < 4.78 is 1.88. The fourth-order valence-corrected chi connectivity index (χ4v) is 4.97. The lowest BCUT2D eigenvalue weighted by molar-refractivity contribution is 0.0705. The third kappa shape index (κ3) is 5.11. The molecule has 2 amide bonds. The monoisotopic (exact) mass is 517 g/mol. The molecule has 5 aromatic rings. The molecule has 5 heterocycles. The summed E-state index contributed by atoms with van der Waals surface area (Å²) in [5, 5.41) is 2.84. The van der Waals surface area contributed by atoms with E-state index in [4.69, 9.17) is 4.98 Å². The Morgan fingerprint density at radius 3 is 2.46 bits per heavy atom. The highest BCUT2D eigenvalue weighted by molar-refractivity contribution is 5.99. The minimum Gasteiger partial charge on any atom is -0.347 e. The number of piperidine rings is 1. The number of carbonyl (C=O) groups excluding carboxylic acids is 2. The van der Waals surface area contributed by atoms with Gasteiger partial charge in [-0.1, -0.05) is 42.5 Å². The number of imidazole rings is 1. The standard InChI is InChI=1S/C30H27N7O2/c38-29(34-18-21-7-6-13-31-17-21)25-20-32-24(19-33-25)22-11-15-36(16-12-22)30(39)28-27(23-8-2-1-3-9-23)35-26-10-4-5-14-37(26)28/h1-10,13-14,17,19-20,22H,11-12,15-16,18H2,(H,34,38). The smallest absolute Gasteiger partial charge is 0.273 e. The van der Waals surface area contributed by atoms with Gasteiger partial charge in [-0.05, 0) is 36.6 Å². The Morgan fingerprint density at radius 1 is 0.897 bits per heavy atom. The molecule has 1 aromatic carbocycles. The van der Waals surface area contributed by atoms with E-state index in [2.05, 4.69) is 20.3 Å². The molecule has 0 spiro atoms. The largest absolute Gasteiger partial charge is 0.347 e. The Hall–Kier alpha value is -4.92. The van der Waals surface area contributed by atoms with E-state index >= 15 is 0 Å². The second-order valence-corrected chi connectivity index (χ2v) is 9.54. The van der Waals surface area contributed by atoms with E-state index in [1.165, 1.54) is 6.20 Å². The van der Waals surface area contributed by atoms with Crippen molar-refractivity contribution in [3.8, 4) is 11.3 Å². The first-order valence-corrected chi connectivity index (χ1v) is 13.0. The number of rotatable bonds is 6. The molecule has 9 heteroatoms. The predicted octanol–water partition coefficient (Wildman–Crippen LogP) is 4.14. The van der Waals surface area contributed by atoms with E-state index in [1.54, 1.807) is 18.6 Å². The minimum atomic E-state index is -0.277. The Balaban J connectivity index is 1.12. The van der Waals surface area contributed by atoms with Gasteiger partial charge in [0, 0.05) is 55.9 Å². The first kappa shape index (κ1) is 24.4. The summed E-state index contributed by atoms with van der Waals surface area (Å²) in [6.45, 7) is 1.58. The van der Waals surface area contributed by atoms with Crippen LogP contribution in [-0.2, 0) is 6.54 Å². The lowest BCUT2D eigenvalue weighted by Crippen LogP contribution is -2.38. The Kier molecular flexibility index (Phi) is 6.78. The van der Waals surface area contributed by atoms with Crippen LogP contribution in [0.15, 0.2) is 91.6 Å². The van der Waals surface area contributed by atoms with E-state index < -0.39 is 0 Å². The third-order valence-corrected chi connectivity index (χ3v) is 7.06. The van der Waals surface area contributed by atoms with Gasteiger partial charge in [-0.25, -0.2) is 9.97 Å². The highest BCUT2D eigenvalue weighted by Crippen LogP contribution is 2.30. The summed E-state index contributed by atoms with van der Waals surface area (Å²) in [5.41, 5.74) is 4.96. The van der Waals surface area contributed by atoms with E-state index in [0.717, 1.165) is 35.3 Å². The zero-order chi connectivity index (χ0) is 26.6. The van der Waals surface area contributed by atoms with Crippen LogP contribution >= 0.6 is 0 Å². The van der Waals surface area contributed by atoms with Crippen molar-refractivity contribution in [2.75, 3.05) is 13.1 Å². The first-order chi connectivity index (χ1) is 19.2. The molecule has 1 N–H and O–H groups in total. The Morgan fingerprint density at radius 2 is 1.72 bits per heavy atom. The molecule has 1 aliphatic rings. The number of pyridine rings is 2. The average molecular weight is 518 g/mol. The maximum atomic E-state index is 13.8. The highest BCUT2D eigenvalue weighted by Gasteiger charge is 2.29. The topological polar surface area (TPSA) is 105 Å². The molecule has 39 heavy (non-hydrogen) atoms. The average Bonchev–Trinajstić information content (AvgIpc) is 3.40. The van der Waals surface area contributed by atoms with Crippen LogP contribution in [0.25, 0.3) is 16.9 Å². The molecule has 0 saturated carbocycles. The van der Waals surface area contributed by atoms with E-state index in [9.17, 15) is 9.59 Å². The molecule has 0 atom stereocenters. The van der Waals surface area contributed by atoms with Crippen LogP contribution in [0.1, 0.15) is 51.0 Å². The van der Waals surface area contributed by atoms with Crippen LogP contribution in [0, 0.1) is 0 Å². The van der Waals surface area contributed by atoms with Gasteiger partial charge < -0.3 is 10.2 Å². The van der Waals surface area contributed by atoms with E-state index in [0.29, 0.717) is 31.0 Å². The van der Waals surface area contributed by atoms with Crippen molar-refractivity contribution in [1.82, 2.24) is 34.6 Å². The van der Waals surface area contributed by atoms with Crippen molar-refractivity contribution in [2.45, 2.75) is 25.3 Å². The number of benzene rings is 1. The lowest BCUT2D eigenvalue weighted by atomic mass is 9.93. The zero-order valence-electron chi connectivity index (χ0n) is 21.3. The number of nitrogens with zero attached hydrogens (tertiary/aromatic N) is 6. The van der Waals surface area contributed by atoms with Crippen LogP contribution in [0.3, 0.4) is 0 Å². The van der Waals surface area contributed by atoms with Crippen molar-refractivity contribution in [1.29, 1.82) is 0 Å². The molecule has 0 bridgehead atoms. The molecule has 0 aliphatic carbocycles. The quantitative estimate of drug-likeness (QED) is 0.363. The molecule has 4 aromatic heterocycles. The number of carbonyl (C=O) groups is 2. The van der Waals surface area contributed by atoms with Crippen molar-refractivity contribution in [2.24, 2.45) is 0 Å². The van der Waals surface area contributed by atoms with Gasteiger partial charge in [0.05, 0.1) is 11.9 Å². The van der Waals surface area contributed by atoms with Gasteiger partial charge in [0.25, 0.3) is 11.8 Å². The van der Waals surface area contributed by atoms with Gasteiger partial charge >= 0.3 is 0 Å².